The molecular formula is C25H23F5N4O4S. The largest absolute Gasteiger partial charge is 0.465 e. The minimum atomic E-state index is -4.94. The number of piperazine rings is 1. The van der Waals surface area contributed by atoms with Gasteiger partial charge in [-0.1, -0.05) is 0 Å². The van der Waals surface area contributed by atoms with Crippen LogP contribution in [0.3, 0.4) is 0 Å². The maximum atomic E-state index is 15.0. The Labute approximate surface area is 223 Å². The van der Waals surface area contributed by atoms with Crippen LogP contribution in [-0.4, -0.2) is 70.3 Å². The lowest BCUT2D eigenvalue weighted by Crippen LogP contribution is -2.54. The van der Waals surface area contributed by atoms with E-state index in [2.05, 4.69) is 4.98 Å². The average Bonchev–Trinajstić information content (AvgIpc) is 3.06. The highest BCUT2D eigenvalue weighted by atomic mass is 32.2. The van der Waals surface area contributed by atoms with Crippen LogP contribution in [0.1, 0.15) is 12.5 Å². The number of methoxy groups -OCH3 is 1. The summed E-state index contributed by atoms with van der Waals surface area (Å²) in [5, 5.41) is 9.39. The van der Waals surface area contributed by atoms with E-state index in [1.165, 1.54) is 16.6 Å². The molecule has 0 unspecified atom stereocenters. The molecule has 0 radical (unpaired) electrons. The maximum Gasteiger partial charge on any atom is 0.417 e. The fourth-order valence-corrected chi connectivity index (χ4v) is 6.44. The standard InChI is InChI=1S/C25H23F5N4O4S/c1-12-9-32(24(36)37)5-6-33(12)22-16-8-17(25(28,29)30)19(15-4-3-13(26)7-18(15)27)21-20(16)34(23(35)31-22)10-14(38-2)11-39-21/h3-4,7-8,12,14H,5-6,9-11H2,1-2H3,(H,36,37)/t12-,14+/m0/s1. The summed E-state index contributed by atoms with van der Waals surface area (Å²) in [6.45, 7) is 1.90. The first-order chi connectivity index (χ1) is 18.4. The van der Waals surface area contributed by atoms with Crippen molar-refractivity contribution in [2.75, 3.05) is 37.4 Å². The van der Waals surface area contributed by atoms with Crippen molar-refractivity contribution in [1.29, 1.82) is 0 Å². The van der Waals surface area contributed by atoms with E-state index in [1.807, 2.05) is 0 Å². The Balaban J connectivity index is 1.86. The van der Waals surface area contributed by atoms with Gasteiger partial charge in [0.25, 0.3) is 0 Å². The first kappa shape index (κ1) is 27.2. The summed E-state index contributed by atoms with van der Waals surface area (Å²) in [5.74, 6) is -1.97. The molecule has 2 aliphatic heterocycles. The van der Waals surface area contributed by atoms with Gasteiger partial charge in [0.05, 0.1) is 23.7 Å². The van der Waals surface area contributed by atoms with Gasteiger partial charge in [-0.2, -0.15) is 18.2 Å². The lowest BCUT2D eigenvalue weighted by atomic mass is 9.95. The van der Waals surface area contributed by atoms with E-state index >= 15 is 4.39 Å². The molecule has 2 aromatic carbocycles. The first-order valence-corrected chi connectivity index (χ1v) is 12.9. The molecular weight excluding hydrogens is 547 g/mol. The zero-order valence-electron chi connectivity index (χ0n) is 20.8. The van der Waals surface area contributed by atoms with Crippen LogP contribution in [0.4, 0.5) is 32.6 Å². The number of hydrogen-bond acceptors (Lipinski definition) is 6. The SMILES string of the molecule is CO[C@H]1CSc2c(-c3ccc(F)cc3F)c(C(F)(F)F)cc3c(N4CCN(C(=O)O)C[C@@H]4C)nc(=O)n(c23)C1. The Morgan fingerprint density at radius 2 is 1.92 bits per heavy atom. The van der Waals surface area contributed by atoms with E-state index in [9.17, 15) is 32.3 Å². The van der Waals surface area contributed by atoms with Gasteiger partial charge in [-0.05, 0) is 25.1 Å². The summed E-state index contributed by atoms with van der Waals surface area (Å²) in [6, 6.07) is 2.69. The third kappa shape index (κ3) is 4.80. The highest BCUT2D eigenvalue weighted by Crippen LogP contribution is 2.49. The molecule has 0 saturated carbocycles. The van der Waals surface area contributed by atoms with E-state index in [-0.39, 0.29) is 53.5 Å². The molecule has 0 aliphatic carbocycles. The van der Waals surface area contributed by atoms with Crippen molar-refractivity contribution < 1.29 is 36.6 Å². The van der Waals surface area contributed by atoms with E-state index in [4.69, 9.17) is 4.74 Å². The zero-order valence-corrected chi connectivity index (χ0v) is 21.6. The van der Waals surface area contributed by atoms with Gasteiger partial charge in [0.2, 0.25) is 0 Å². The minimum absolute atomic E-state index is 0.00182. The highest BCUT2D eigenvalue weighted by molar-refractivity contribution is 7.99. The molecule has 2 atom stereocenters. The van der Waals surface area contributed by atoms with Crippen molar-refractivity contribution in [3.8, 4) is 11.1 Å². The number of ether oxygens (including phenoxy) is 1. The fraction of sp³-hybridized carbons (Fsp3) is 0.400. The lowest BCUT2D eigenvalue weighted by molar-refractivity contribution is -0.137. The number of hydrogen-bond donors (Lipinski definition) is 1. The number of amides is 1. The summed E-state index contributed by atoms with van der Waals surface area (Å²) in [4.78, 5) is 31.8. The second kappa shape index (κ2) is 9.97. The van der Waals surface area contributed by atoms with E-state index in [1.54, 1.807) is 11.8 Å². The Hall–Kier alpha value is -3.39. The summed E-state index contributed by atoms with van der Waals surface area (Å²) in [7, 11) is 1.41. The van der Waals surface area contributed by atoms with Gasteiger partial charge in [0, 0.05) is 66.0 Å². The molecule has 39 heavy (non-hydrogen) atoms. The van der Waals surface area contributed by atoms with Gasteiger partial charge in [-0.25, -0.2) is 18.4 Å². The number of halogens is 5. The molecule has 0 bridgehead atoms. The number of nitrogens with zero attached hydrogens (tertiary/aromatic N) is 4. The van der Waals surface area contributed by atoms with Crippen LogP contribution >= 0.6 is 11.8 Å². The summed E-state index contributed by atoms with van der Waals surface area (Å²) in [5.41, 5.74) is -2.72. The third-order valence-corrected chi connectivity index (χ3v) is 8.23. The number of thioether (sulfide) groups is 1. The second-order valence-corrected chi connectivity index (χ2v) is 10.4. The van der Waals surface area contributed by atoms with E-state index in [0.717, 1.165) is 30.0 Å². The minimum Gasteiger partial charge on any atom is -0.465 e. The molecule has 2 aliphatic rings. The number of aromatic nitrogens is 2. The van der Waals surface area contributed by atoms with Crippen LogP contribution in [0.5, 0.6) is 0 Å². The number of alkyl halides is 3. The normalized spacial score (nSPS) is 19.9. The van der Waals surface area contributed by atoms with Crippen LogP contribution in [0, 0.1) is 11.6 Å². The molecule has 1 N–H and O–H groups in total. The predicted molar refractivity (Wildman–Crippen MR) is 134 cm³/mol. The molecule has 1 saturated heterocycles. The van der Waals surface area contributed by atoms with Crippen LogP contribution in [0.2, 0.25) is 0 Å². The van der Waals surface area contributed by atoms with Crippen LogP contribution in [0.15, 0.2) is 34.0 Å². The lowest BCUT2D eigenvalue weighted by Gasteiger charge is -2.40. The van der Waals surface area contributed by atoms with Gasteiger partial charge in [-0.3, -0.25) is 4.57 Å². The molecule has 208 valence electrons. The van der Waals surface area contributed by atoms with Crippen LogP contribution < -0.4 is 10.6 Å². The molecule has 3 heterocycles. The van der Waals surface area contributed by atoms with E-state index < -0.39 is 58.4 Å². The van der Waals surface area contributed by atoms with Crippen molar-refractivity contribution in [2.24, 2.45) is 0 Å². The van der Waals surface area contributed by atoms with Crippen molar-refractivity contribution >= 4 is 34.6 Å². The zero-order chi connectivity index (χ0) is 28.2. The van der Waals surface area contributed by atoms with Gasteiger partial charge in [0.15, 0.2) is 0 Å². The molecule has 5 rings (SSSR count). The first-order valence-electron chi connectivity index (χ1n) is 11.9. The van der Waals surface area contributed by atoms with Gasteiger partial charge in [0.1, 0.15) is 17.5 Å². The number of carboxylic acid groups (broad SMARTS) is 1. The molecule has 3 aromatic rings. The smallest absolute Gasteiger partial charge is 0.417 e. The van der Waals surface area contributed by atoms with Crippen molar-refractivity contribution in [1.82, 2.24) is 14.5 Å². The van der Waals surface area contributed by atoms with E-state index in [0.29, 0.717) is 6.07 Å². The summed E-state index contributed by atoms with van der Waals surface area (Å²) < 4.78 is 79.2. The van der Waals surface area contributed by atoms with Gasteiger partial charge < -0.3 is 19.6 Å². The van der Waals surface area contributed by atoms with Crippen molar-refractivity contribution in [3.63, 3.8) is 0 Å². The highest BCUT2D eigenvalue weighted by Gasteiger charge is 2.39. The average molecular weight is 571 g/mol. The monoisotopic (exact) mass is 570 g/mol. The Morgan fingerprint density at radius 1 is 1.18 bits per heavy atom. The van der Waals surface area contributed by atoms with Gasteiger partial charge in [-0.15, -0.1) is 11.8 Å². The number of anilines is 1. The van der Waals surface area contributed by atoms with Crippen LogP contribution in [-0.2, 0) is 17.5 Å². The Morgan fingerprint density at radius 3 is 2.54 bits per heavy atom. The number of rotatable bonds is 3. The predicted octanol–water partition coefficient (Wildman–Crippen LogP) is 4.67. The fourth-order valence-electron chi connectivity index (χ4n) is 5.13. The Kier molecular flexibility index (Phi) is 6.95. The Bertz CT molecular complexity index is 1530. The molecule has 14 heteroatoms. The second-order valence-electron chi connectivity index (χ2n) is 9.41. The quantitative estimate of drug-likeness (QED) is 0.458. The molecule has 1 fully saturated rings. The summed E-state index contributed by atoms with van der Waals surface area (Å²) >= 11 is 0.991. The molecule has 1 amide bonds. The van der Waals surface area contributed by atoms with Crippen molar-refractivity contribution in [2.45, 2.75) is 36.7 Å². The van der Waals surface area contributed by atoms with Gasteiger partial charge >= 0.3 is 18.0 Å². The number of benzene rings is 2. The third-order valence-electron chi connectivity index (χ3n) is 7.01. The van der Waals surface area contributed by atoms with Crippen LogP contribution in [0.25, 0.3) is 22.0 Å². The summed E-state index contributed by atoms with van der Waals surface area (Å²) in [6.07, 6.45) is -6.63. The maximum absolute atomic E-state index is 15.0. The molecule has 1 aromatic heterocycles. The van der Waals surface area contributed by atoms with Crippen molar-refractivity contribution in [3.05, 3.63) is 51.9 Å². The topological polar surface area (TPSA) is 87.9 Å². The molecule has 0 spiro atoms. The number of carbonyl (C=O) groups is 1. The molecule has 8 nitrogen and oxygen atoms in total.